The molecule has 15 heteroatoms. The molecular weight excluding hydrogens is 672 g/mol. The van der Waals surface area contributed by atoms with E-state index >= 15 is 4.39 Å². The Morgan fingerprint density at radius 1 is 0.936 bits per heavy atom. The van der Waals surface area contributed by atoms with Crippen molar-refractivity contribution in [1.29, 1.82) is 0 Å². The molecule has 2 N–H and O–H groups in total. The molecule has 4 fully saturated rings. The molecule has 4 saturated carbocycles. The number of benzene rings is 2. The molecule has 0 radical (unpaired) electrons. The number of nitrogens with one attached hydrogen (secondary N) is 2. The first kappa shape index (κ1) is 32.0. The van der Waals surface area contributed by atoms with Gasteiger partial charge in [0.05, 0.1) is 27.2 Å². The lowest BCUT2D eigenvalue weighted by molar-refractivity contribution is -0.158. The first-order chi connectivity index (χ1) is 22.2. The van der Waals surface area contributed by atoms with E-state index < -0.39 is 47.5 Å². The Labute approximate surface area is 275 Å². The molecule has 2 aromatic heterocycles. The Hall–Kier alpha value is -3.56. The van der Waals surface area contributed by atoms with Crippen molar-refractivity contribution in [2.75, 3.05) is 16.3 Å². The number of sulfonamides is 1. The second-order valence-electron chi connectivity index (χ2n) is 13.0. The van der Waals surface area contributed by atoms with Crippen LogP contribution in [-0.2, 0) is 25.3 Å². The maximum absolute atomic E-state index is 16.3. The molecule has 2 heterocycles. The fourth-order valence-corrected chi connectivity index (χ4v) is 10.8. The Kier molecular flexibility index (Phi) is 7.67. The molecule has 2 bridgehead atoms. The van der Waals surface area contributed by atoms with Crippen LogP contribution in [-0.4, -0.2) is 55.0 Å². The van der Waals surface area contributed by atoms with Crippen LogP contribution in [0.1, 0.15) is 55.5 Å². The summed E-state index contributed by atoms with van der Waals surface area (Å²) in [6, 6.07) is 9.70. The van der Waals surface area contributed by atoms with Gasteiger partial charge < -0.3 is 5.32 Å². The van der Waals surface area contributed by atoms with Crippen LogP contribution >= 0.6 is 11.3 Å². The number of hydrogen-bond donors (Lipinski definition) is 2. The van der Waals surface area contributed by atoms with Crippen molar-refractivity contribution >= 4 is 42.8 Å². The molecule has 0 atom stereocenters. The number of thiazole rings is 1. The molecule has 0 saturated heterocycles. The minimum absolute atomic E-state index is 0.00160. The van der Waals surface area contributed by atoms with Crippen molar-refractivity contribution in [3.8, 4) is 21.8 Å². The summed E-state index contributed by atoms with van der Waals surface area (Å²) in [6.45, 7) is 1.45. The van der Waals surface area contributed by atoms with Crippen molar-refractivity contribution in [2.45, 2.75) is 79.1 Å². The smallest absolute Gasteiger partial charge is 0.265 e. The van der Waals surface area contributed by atoms with Crippen LogP contribution in [0.25, 0.3) is 21.8 Å². The van der Waals surface area contributed by atoms with Crippen LogP contribution in [0.15, 0.2) is 53.6 Å². The van der Waals surface area contributed by atoms with Crippen LogP contribution in [0.5, 0.6) is 0 Å². The van der Waals surface area contributed by atoms with E-state index in [1.54, 1.807) is 12.3 Å². The molecule has 0 aliphatic heterocycles. The molecule has 4 aliphatic carbocycles. The Balaban J connectivity index is 1.23. The zero-order chi connectivity index (χ0) is 33.4. The number of anilines is 2. The number of halogens is 3. The normalized spacial score (nSPS) is 25.5. The predicted octanol–water partition coefficient (Wildman–Crippen LogP) is 6.57. The molecule has 248 valence electrons. The van der Waals surface area contributed by atoms with Crippen LogP contribution in [0.3, 0.4) is 0 Å². The van der Waals surface area contributed by atoms with Crippen LogP contribution < -0.4 is 10.0 Å². The fourth-order valence-electron chi connectivity index (χ4n) is 7.11. The SMILES string of the molecule is Cc1cccc(F)c1S(=O)(=O)Nc1cccc(-c2nc(C34CC(F)(C3)C4)sc2-c2ccnc(NC3CCC(S(C)(=O)=O)CC3)n2)c1F. The van der Waals surface area contributed by atoms with Crippen LogP contribution in [0.2, 0.25) is 0 Å². The predicted molar refractivity (Wildman–Crippen MR) is 174 cm³/mol. The Morgan fingerprint density at radius 3 is 2.30 bits per heavy atom. The van der Waals surface area contributed by atoms with Crippen molar-refractivity contribution in [1.82, 2.24) is 15.0 Å². The van der Waals surface area contributed by atoms with E-state index in [0.29, 0.717) is 66.5 Å². The molecule has 2 aromatic carbocycles. The third-order valence-electron chi connectivity index (χ3n) is 9.48. The second-order valence-corrected chi connectivity index (χ2v) is 18.0. The third kappa shape index (κ3) is 5.79. The van der Waals surface area contributed by atoms with Crippen molar-refractivity contribution in [3.63, 3.8) is 0 Å². The van der Waals surface area contributed by atoms with Gasteiger partial charge in [-0.25, -0.2) is 45.0 Å². The number of hydrogen-bond acceptors (Lipinski definition) is 9. The van der Waals surface area contributed by atoms with Gasteiger partial charge in [0.1, 0.15) is 31.2 Å². The summed E-state index contributed by atoms with van der Waals surface area (Å²) in [5.41, 5.74) is -1.17. The summed E-state index contributed by atoms with van der Waals surface area (Å²) in [5.74, 6) is -1.54. The van der Waals surface area contributed by atoms with Crippen LogP contribution in [0.4, 0.5) is 24.8 Å². The first-order valence-electron chi connectivity index (χ1n) is 15.2. The zero-order valence-corrected chi connectivity index (χ0v) is 28.0. The zero-order valence-electron chi connectivity index (χ0n) is 25.6. The molecule has 8 rings (SSSR count). The monoisotopic (exact) mass is 703 g/mol. The maximum atomic E-state index is 16.3. The molecule has 0 unspecified atom stereocenters. The Bertz CT molecular complexity index is 2080. The van der Waals surface area contributed by atoms with Gasteiger partial charge in [-0.3, -0.25) is 4.72 Å². The van der Waals surface area contributed by atoms with Crippen molar-refractivity contribution in [2.24, 2.45) is 0 Å². The van der Waals surface area contributed by atoms with Gasteiger partial charge in [-0.05, 0) is 81.7 Å². The lowest BCUT2D eigenvalue weighted by atomic mass is 9.42. The quantitative estimate of drug-likeness (QED) is 0.200. The minimum atomic E-state index is -4.49. The van der Waals surface area contributed by atoms with Gasteiger partial charge in [0, 0.05) is 29.5 Å². The molecule has 47 heavy (non-hydrogen) atoms. The number of nitrogens with zero attached hydrogens (tertiary/aromatic N) is 3. The van der Waals surface area contributed by atoms with E-state index in [1.807, 2.05) is 0 Å². The van der Waals surface area contributed by atoms with Gasteiger partial charge in [0.15, 0.2) is 5.82 Å². The third-order valence-corrected chi connectivity index (χ3v) is 14.0. The fraction of sp³-hybridized carbons (Fsp3) is 0.406. The summed E-state index contributed by atoms with van der Waals surface area (Å²) in [5, 5.41) is 3.59. The molecule has 0 spiro atoms. The molecule has 9 nitrogen and oxygen atoms in total. The largest absolute Gasteiger partial charge is 0.351 e. The van der Waals surface area contributed by atoms with Gasteiger partial charge in [0.2, 0.25) is 5.95 Å². The first-order valence-corrected chi connectivity index (χ1v) is 19.5. The summed E-state index contributed by atoms with van der Waals surface area (Å²) < 4.78 is 98.0. The van der Waals surface area contributed by atoms with E-state index in [1.165, 1.54) is 54.8 Å². The Morgan fingerprint density at radius 2 is 1.64 bits per heavy atom. The summed E-state index contributed by atoms with van der Waals surface area (Å²) in [4.78, 5) is 13.8. The second kappa shape index (κ2) is 11.3. The lowest BCUT2D eigenvalue weighted by Gasteiger charge is -2.64. The summed E-state index contributed by atoms with van der Waals surface area (Å²) in [6.07, 6.45) is 6.17. The minimum Gasteiger partial charge on any atom is -0.351 e. The van der Waals surface area contributed by atoms with E-state index in [9.17, 15) is 25.6 Å². The lowest BCUT2D eigenvalue weighted by Crippen LogP contribution is -2.67. The van der Waals surface area contributed by atoms with Gasteiger partial charge in [-0.2, -0.15) is 0 Å². The number of aromatic nitrogens is 3. The topological polar surface area (TPSA) is 131 Å². The van der Waals surface area contributed by atoms with Crippen LogP contribution in [0, 0.1) is 18.6 Å². The number of alkyl halides is 1. The van der Waals surface area contributed by atoms with Crippen molar-refractivity contribution < 1.29 is 30.0 Å². The molecular formula is C32H32F3N5O4S3. The average Bonchev–Trinajstić information content (AvgIpc) is 3.41. The highest BCUT2D eigenvalue weighted by atomic mass is 32.2. The summed E-state index contributed by atoms with van der Waals surface area (Å²) in [7, 11) is -7.60. The number of sulfone groups is 1. The standard InChI is InChI=1S/C32H32F3N5O4S3/c1-18-5-3-7-22(33)28(18)47(43,44)40-23-8-4-6-21(25(23)34)26-27(45-29(39-26)31-15-32(35,16-31)17-31)24-13-14-36-30(38-24)37-19-9-11-20(12-10-19)46(2,41)42/h3-8,13-14,19-20,40H,9-12,15-17H2,1-2H3,(H,36,37,38). The van der Waals surface area contributed by atoms with E-state index in [-0.39, 0.29) is 33.8 Å². The van der Waals surface area contributed by atoms with Gasteiger partial charge in [0.25, 0.3) is 10.0 Å². The molecule has 0 amide bonds. The summed E-state index contributed by atoms with van der Waals surface area (Å²) >= 11 is 1.30. The molecule has 4 aromatic rings. The number of aryl methyl sites for hydroxylation is 1. The van der Waals surface area contributed by atoms with E-state index in [0.717, 1.165) is 6.07 Å². The maximum Gasteiger partial charge on any atom is 0.265 e. The van der Waals surface area contributed by atoms with Gasteiger partial charge in [-0.15, -0.1) is 11.3 Å². The van der Waals surface area contributed by atoms with Crippen molar-refractivity contribution in [3.05, 3.63) is 70.9 Å². The molecule has 4 aliphatic rings. The van der Waals surface area contributed by atoms with E-state index in [2.05, 4.69) is 15.0 Å². The van der Waals surface area contributed by atoms with Gasteiger partial charge in [-0.1, -0.05) is 18.2 Å². The van der Waals surface area contributed by atoms with Gasteiger partial charge >= 0.3 is 0 Å². The average molecular weight is 704 g/mol. The number of rotatable bonds is 9. The van der Waals surface area contributed by atoms with E-state index in [4.69, 9.17) is 9.97 Å². The highest BCUT2D eigenvalue weighted by Crippen LogP contribution is 2.70. The highest BCUT2D eigenvalue weighted by molar-refractivity contribution is 7.92. The highest BCUT2D eigenvalue weighted by Gasteiger charge is 2.71.